The van der Waals surface area contributed by atoms with Crippen molar-refractivity contribution in [3.8, 4) is 0 Å². The first-order valence-electron chi connectivity index (χ1n) is 12.8. The molecule has 2 aliphatic rings. The lowest BCUT2D eigenvalue weighted by atomic mass is 9.87. The highest BCUT2D eigenvalue weighted by Gasteiger charge is 2.44. The number of hydrogen-bond donors (Lipinski definition) is 1. The van der Waals surface area contributed by atoms with E-state index in [0.29, 0.717) is 37.9 Å². The third-order valence-electron chi connectivity index (χ3n) is 7.30. The monoisotopic (exact) mass is 540 g/mol. The van der Waals surface area contributed by atoms with Crippen molar-refractivity contribution in [1.82, 2.24) is 14.5 Å². The van der Waals surface area contributed by atoms with E-state index in [2.05, 4.69) is 4.98 Å². The van der Waals surface area contributed by atoms with Crippen LogP contribution in [-0.2, 0) is 9.47 Å². The number of likely N-dealkylation sites (tertiary alicyclic amines) is 1. The number of fused-ring (bicyclic) bond motifs is 1. The largest absolute Gasteiger partial charge is 0.444 e. The van der Waals surface area contributed by atoms with Gasteiger partial charge < -0.3 is 20.1 Å². The van der Waals surface area contributed by atoms with Gasteiger partial charge in [-0.3, -0.25) is 14.2 Å². The quantitative estimate of drug-likeness (QED) is 0.391. The lowest BCUT2D eigenvalue weighted by Crippen LogP contribution is -2.48. The summed E-state index contributed by atoms with van der Waals surface area (Å²) in [5.74, 6) is -3.11. The third-order valence-corrected chi connectivity index (χ3v) is 7.30. The number of ketones is 1. The van der Waals surface area contributed by atoms with Gasteiger partial charge in [0.05, 0.1) is 46.7 Å². The van der Waals surface area contributed by atoms with Crippen LogP contribution in [0.4, 0.5) is 19.3 Å². The van der Waals surface area contributed by atoms with Gasteiger partial charge in [-0.25, -0.2) is 18.6 Å². The van der Waals surface area contributed by atoms with Crippen molar-refractivity contribution < 1.29 is 27.8 Å². The molecule has 2 aromatic carbocycles. The summed E-state index contributed by atoms with van der Waals surface area (Å²) in [6, 6.07) is 5.81. The molecule has 2 fully saturated rings. The fraction of sp³-hybridized carbons (Fsp3) is 0.429. The molecule has 2 saturated heterocycles. The number of nitrogens with zero attached hydrogens (tertiary/aromatic N) is 3. The number of nitrogen functional groups attached to an aromatic ring is 1. The molecule has 2 aliphatic heterocycles. The average Bonchev–Trinajstić information content (AvgIpc) is 3.29. The molecule has 0 unspecified atom stereocenters. The topological polar surface area (TPSA) is 117 Å². The summed E-state index contributed by atoms with van der Waals surface area (Å²) in [7, 11) is 0. The molecular weight excluding hydrogens is 510 g/mol. The average molecular weight is 541 g/mol. The van der Waals surface area contributed by atoms with E-state index in [9.17, 15) is 23.2 Å². The van der Waals surface area contributed by atoms with Gasteiger partial charge in [0, 0.05) is 18.7 Å². The molecule has 2 N–H and O–H groups in total. The number of amides is 1. The van der Waals surface area contributed by atoms with E-state index in [1.54, 1.807) is 4.90 Å². The van der Waals surface area contributed by atoms with Crippen LogP contribution in [0.3, 0.4) is 0 Å². The predicted molar refractivity (Wildman–Crippen MR) is 140 cm³/mol. The number of piperidine rings is 1. The van der Waals surface area contributed by atoms with Gasteiger partial charge in [-0.05, 0) is 70.4 Å². The molecule has 1 aromatic heterocycles. The number of carbonyl (C=O) groups is 2. The Hall–Kier alpha value is -3.86. The van der Waals surface area contributed by atoms with Gasteiger partial charge in [0.15, 0.2) is 11.6 Å². The van der Waals surface area contributed by atoms with Crippen LogP contribution >= 0.6 is 0 Å². The number of hydrogen-bond acceptors (Lipinski definition) is 7. The molecule has 0 radical (unpaired) electrons. The first-order valence-corrected chi connectivity index (χ1v) is 12.8. The molecule has 9 nitrogen and oxygen atoms in total. The van der Waals surface area contributed by atoms with Gasteiger partial charge in [0.2, 0.25) is 0 Å². The highest BCUT2D eigenvalue weighted by Crippen LogP contribution is 2.40. The lowest BCUT2D eigenvalue weighted by Gasteiger charge is -2.39. The first-order chi connectivity index (χ1) is 18.4. The van der Waals surface area contributed by atoms with Crippen molar-refractivity contribution in [2.75, 3.05) is 25.4 Å². The molecule has 206 valence electrons. The van der Waals surface area contributed by atoms with Crippen LogP contribution in [0.2, 0.25) is 0 Å². The van der Waals surface area contributed by atoms with Crippen LogP contribution in [0.1, 0.15) is 62.0 Å². The molecule has 3 heterocycles. The second-order valence-corrected chi connectivity index (χ2v) is 11.2. The highest BCUT2D eigenvalue weighted by molar-refractivity contribution is 6.11. The zero-order valence-corrected chi connectivity index (χ0v) is 22.0. The summed E-state index contributed by atoms with van der Waals surface area (Å²) in [6.45, 7) is 6.72. The van der Waals surface area contributed by atoms with Crippen LogP contribution in [-0.4, -0.2) is 57.2 Å². The van der Waals surface area contributed by atoms with Gasteiger partial charge in [0.1, 0.15) is 11.4 Å². The van der Waals surface area contributed by atoms with Gasteiger partial charge >= 0.3 is 6.09 Å². The Labute approximate surface area is 223 Å². The fourth-order valence-electron chi connectivity index (χ4n) is 5.23. The smallest absolute Gasteiger partial charge is 0.410 e. The number of aromatic nitrogens is 2. The molecular formula is C28H30F2N4O5. The molecule has 39 heavy (non-hydrogen) atoms. The van der Waals surface area contributed by atoms with Crippen LogP contribution in [0.15, 0.2) is 41.5 Å². The van der Waals surface area contributed by atoms with Crippen LogP contribution in [0, 0.1) is 11.6 Å². The minimum atomic E-state index is -1.14. The first kappa shape index (κ1) is 26.7. The Balaban J connectivity index is 1.36. The van der Waals surface area contributed by atoms with E-state index in [0.717, 1.165) is 12.1 Å². The van der Waals surface area contributed by atoms with Gasteiger partial charge in [0.25, 0.3) is 5.56 Å². The molecule has 1 spiro atoms. The van der Waals surface area contributed by atoms with Gasteiger partial charge in [-0.1, -0.05) is 0 Å². The van der Waals surface area contributed by atoms with E-state index in [-0.39, 0.29) is 40.9 Å². The van der Waals surface area contributed by atoms with E-state index >= 15 is 0 Å². The number of ether oxygens (including phenoxy) is 2. The molecule has 0 saturated carbocycles. The summed E-state index contributed by atoms with van der Waals surface area (Å²) in [5, 5.41) is 0.147. The normalized spacial score (nSPS) is 19.0. The van der Waals surface area contributed by atoms with Crippen LogP contribution < -0.4 is 11.3 Å². The maximum absolute atomic E-state index is 14.5. The summed E-state index contributed by atoms with van der Waals surface area (Å²) in [6.07, 6.45) is 2.86. The number of benzene rings is 2. The number of carbonyl (C=O) groups excluding carboxylic acids is 2. The lowest BCUT2D eigenvalue weighted by molar-refractivity contribution is -0.0486. The molecule has 1 amide bonds. The van der Waals surface area contributed by atoms with Crippen molar-refractivity contribution in [1.29, 1.82) is 0 Å². The highest BCUT2D eigenvalue weighted by atomic mass is 19.1. The number of nitrogens with two attached hydrogens (primary N) is 1. The van der Waals surface area contributed by atoms with Crippen molar-refractivity contribution in [2.45, 2.75) is 57.3 Å². The molecule has 1 atom stereocenters. The van der Waals surface area contributed by atoms with E-state index in [1.165, 1.54) is 29.1 Å². The van der Waals surface area contributed by atoms with E-state index < -0.39 is 34.2 Å². The zero-order valence-electron chi connectivity index (χ0n) is 22.0. The zero-order chi connectivity index (χ0) is 28.1. The minimum Gasteiger partial charge on any atom is -0.444 e. The van der Waals surface area contributed by atoms with E-state index in [1.807, 2.05) is 20.8 Å². The fourth-order valence-corrected chi connectivity index (χ4v) is 5.23. The van der Waals surface area contributed by atoms with Gasteiger partial charge in [-0.2, -0.15) is 0 Å². The third kappa shape index (κ3) is 5.10. The van der Waals surface area contributed by atoms with Crippen molar-refractivity contribution in [3.05, 3.63) is 69.8 Å². The maximum Gasteiger partial charge on any atom is 0.410 e. The number of halogens is 2. The minimum absolute atomic E-state index is 0.0591. The molecule has 11 heteroatoms. The van der Waals surface area contributed by atoms with Crippen molar-refractivity contribution in [3.63, 3.8) is 0 Å². The van der Waals surface area contributed by atoms with Crippen molar-refractivity contribution >= 4 is 28.5 Å². The number of anilines is 1. The molecule has 0 bridgehead atoms. The predicted octanol–water partition coefficient (Wildman–Crippen LogP) is 4.22. The Bertz CT molecular complexity index is 1520. The molecule has 5 rings (SSSR count). The van der Waals surface area contributed by atoms with Gasteiger partial charge in [-0.15, -0.1) is 0 Å². The molecule has 0 aliphatic carbocycles. The summed E-state index contributed by atoms with van der Waals surface area (Å²) in [5.41, 5.74) is 3.24. The standard InChI is InChI=1S/C28H30F2N4O5/c1-27(2,3)39-26(37)33-10-8-28(9-11-33)13-17(14-38-28)34-15-32-21-7-4-16(12-18(21)25(34)36)24(35)22-19(29)5-6-20(31)23(22)30/h4-7,12,15,17H,8-11,13-14,31H2,1-3H3/t17-/m1/s1. The Morgan fingerprint density at radius 3 is 2.56 bits per heavy atom. The Morgan fingerprint density at radius 1 is 1.15 bits per heavy atom. The summed E-state index contributed by atoms with van der Waals surface area (Å²) >= 11 is 0. The summed E-state index contributed by atoms with van der Waals surface area (Å²) < 4.78 is 41.9. The Morgan fingerprint density at radius 2 is 1.87 bits per heavy atom. The van der Waals surface area contributed by atoms with Crippen LogP contribution in [0.25, 0.3) is 10.9 Å². The summed E-state index contributed by atoms with van der Waals surface area (Å²) in [4.78, 5) is 44.9. The molecule has 3 aromatic rings. The second kappa shape index (κ2) is 9.71. The SMILES string of the molecule is CC(C)(C)OC(=O)N1CCC2(CC1)C[C@@H](n1cnc3ccc(C(=O)c4c(F)ccc(N)c4F)cc3c1=O)CO2. The second-order valence-electron chi connectivity index (χ2n) is 11.2. The maximum atomic E-state index is 14.5. The van der Waals surface area contributed by atoms with Crippen LogP contribution in [0.5, 0.6) is 0 Å². The van der Waals surface area contributed by atoms with Crippen molar-refractivity contribution in [2.24, 2.45) is 0 Å². The Kier molecular flexibility index (Phi) is 6.66. The van der Waals surface area contributed by atoms with E-state index in [4.69, 9.17) is 15.2 Å². The number of rotatable bonds is 3.